The lowest BCUT2D eigenvalue weighted by molar-refractivity contribution is 0.0627. The number of nitrogens with zero attached hydrogens (tertiary/aromatic N) is 2. The quantitative estimate of drug-likeness (QED) is 0.886. The predicted molar refractivity (Wildman–Crippen MR) is 92.9 cm³/mol. The molecule has 1 heterocycles. The fourth-order valence-corrected chi connectivity index (χ4v) is 2.47. The highest BCUT2D eigenvalue weighted by molar-refractivity contribution is 5.33. The van der Waals surface area contributed by atoms with Gasteiger partial charge in [0, 0.05) is 25.8 Å². The standard InChI is InChI=1S/C18H27N3O2/c1-13-15(11-19-12-16(22)18(2,3)4)17(23)21(20(13)5)14-9-7-6-8-10-14/h6-10,16,19,22H,11-12H2,1-5H3. The van der Waals surface area contributed by atoms with Gasteiger partial charge in [-0.1, -0.05) is 39.0 Å². The van der Waals surface area contributed by atoms with Gasteiger partial charge >= 0.3 is 0 Å². The Balaban J connectivity index is 2.20. The summed E-state index contributed by atoms with van der Waals surface area (Å²) < 4.78 is 3.54. The lowest BCUT2D eigenvalue weighted by Gasteiger charge is -2.25. The Morgan fingerprint density at radius 3 is 2.39 bits per heavy atom. The van der Waals surface area contributed by atoms with Gasteiger partial charge in [-0.2, -0.15) is 0 Å². The maximum absolute atomic E-state index is 12.7. The molecule has 1 unspecified atom stereocenters. The Morgan fingerprint density at radius 2 is 1.83 bits per heavy atom. The largest absolute Gasteiger partial charge is 0.391 e. The van der Waals surface area contributed by atoms with Crippen molar-refractivity contribution in [2.75, 3.05) is 6.54 Å². The molecule has 0 aliphatic rings. The van der Waals surface area contributed by atoms with E-state index in [0.717, 1.165) is 16.9 Å². The summed E-state index contributed by atoms with van der Waals surface area (Å²) in [5.41, 5.74) is 2.32. The Hall–Kier alpha value is -1.85. The zero-order valence-corrected chi connectivity index (χ0v) is 14.6. The van der Waals surface area contributed by atoms with Crippen LogP contribution in [0, 0.1) is 12.3 Å². The molecule has 5 nitrogen and oxygen atoms in total. The Kier molecular flexibility index (Phi) is 5.12. The summed E-state index contributed by atoms with van der Waals surface area (Å²) in [7, 11) is 1.89. The van der Waals surface area contributed by atoms with Crippen LogP contribution >= 0.6 is 0 Å². The summed E-state index contributed by atoms with van der Waals surface area (Å²) in [5.74, 6) is 0. The highest BCUT2D eigenvalue weighted by Crippen LogP contribution is 2.18. The van der Waals surface area contributed by atoms with E-state index >= 15 is 0 Å². The molecule has 0 saturated heterocycles. The van der Waals surface area contributed by atoms with Gasteiger partial charge in [0.05, 0.1) is 17.4 Å². The molecule has 1 aromatic heterocycles. The van der Waals surface area contributed by atoms with Crippen LogP contribution in [0.3, 0.4) is 0 Å². The second kappa shape index (κ2) is 6.72. The Bertz CT molecular complexity index is 708. The molecule has 2 aromatic rings. The van der Waals surface area contributed by atoms with Crippen LogP contribution in [-0.2, 0) is 13.6 Å². The molecule has 2 rings (SSSR count). The lowest BCUT2D eigenvalue weighted by Crippen LogP contribution is -2.37. The first kappa shape index (κ1) is 17.5. The lowest BCUT2D eigenvalue weighted by atomic mass is 9.89. The number of nitrogens with one attached hydrogen (secondary N) is 1. The van der Waals surface area contributed by atoms with Gasteiger partial charge < -0.3 is 10.4 Å². The molecule has 0 saturated carbocycles. The van der Waals surface area contributed by atoms with Gasteiger partial charge in [-0.05, 0) is 24.5 Å². The summed E-state index contributed by atoms with van der Waals surface area (Å²) in [6.07, 6.45) is -0.456. The predicted octanol–water partition coefficient (Wildman–Crippen LogP) is 1.98. The summed E-state index contributed by atoms with van der Waals surface area (Å²) >= 11 is 0. The summed E-state index contributed by atoms with van der Waals surface area (Å²) in [4.78, 5) is 12.7. The maximum atomic E-state index is 12.7. The molecule has 0 aliphatic heterocycles. The maximum Gasteiger partial charge on any atom is 0.276 e. The molecule has 0 fully saturated rings. The third kappa shape index (κ3) is 3.74. The highest BCUT2D eigenvalue weighted by atomic mass is 16.3. The van der Waals surface area contributed by atoms with E-state index in [1.807, 2.05) is 69.8 Å². The topological polar surface area (TPSA) is 59.2 Å². The summed E-state index contributed by atoms with van der Waals surface area (Å²) in [5, 5.41) is 13.3. The molecule has 126 valence electrons. The van der Waals surface area contributed by atoms with Crippen LogP contribution < -0.4 is 10.9 Å². The van der Waals surface area contributed by atoms with E-state index in [0.29, 0.717) is 13.1 Å². The van der Waals surface area contributed by atoms with Gasteiger partial charge in [0.25, 0.3) is 5.56 Å². The molecule has 1 aromatic carbocycles. The third-order valence-corrected chi connectivity index (χ3v) is 4.31. The first-order chi connectivity index (χ1) is 10.7. The Morgan fingerprint density at radius 1 is 1.22 bits per heavy atom. The molecular formula is C18H27N3O2. The van der Waals surface area contributed by atoms with Gasteiger partial charge in [-0.25, -0.2) is 4.68 Å². The van der Waals surface area contributed by atoms with E-state index < -0.39 is 6.10 Å². The number of aliphatic hydroxyl groups is 1. The minimum atomic E-state index is -0.456. The molecule has 0 amide bonds. The molecule has 23 heavy (non-hydrogen) atoms. The first-order valence-corrected chi connectivity index (χ1v) is 7.95. The van der Waals surface area contributed by atoms with Crippen LogP contribution in [-0.4, -0.2) is 27.1 Å². The van der Waals surface area contributed by atoms with Gasteiger partial charge in [-0.15, -0.1) is 0 Å². The van der Waals surface area contributed by atoms with Crippen molar-refractivity contribution in [1.29, 1.82) is 0 Å². The zero-order chi connectivity index (χ0) is 17.2. The van der Waals surface area contributed by atoms with Crippen LogP contribution in [0.15, 0.2) is 35.1 Å². The normalized spacial score (nSPS) is 13.3. The molecule has 0 spiro atoms. The third-order valence-electron chi connectivity index (χ3n) is 4.31. The van der Waals surface area contributed by atoms with E-state index in [1.54, 1.807) is 4.68 Å². The van der Waals surface area contributed by atoms with Crippen LogP contribution in [0.5, 0.6) is 0 Å². The summed E-state index contributed by atoms with van der Waals surface area (Å²) in [6.45, 7) is 8.84. The van der Waals surface area contributed by atoms with Gasteiger partial charge in [0.2, 0.25) is 0 Å². The monoisotopic (exact) mass is 317 g/mol. The van der Waals surface area contributed by atoms with Crippen molar-refractivity contribution in [2.24, 2.45) is 12.5 Å². The number of hydrogen-bond acceptors (Lipinski definition) is 3. The smallest absolute Gasteiger partial charge is 0.276 e. The minimum absolute atomic E-state index is 0.0195. The van der Waals surface area contributed by atoms with Gasteiger partial charge in [0.15, 0.2) is 0 Å². The van der Waals surface area contributed by atoms with Crippen molar-refractivity contribution in [1.82, 2.24) is 14.7 Å². The van der Waals surface area contributed by atoms with E-state index in [2.05, 4.69) is 5.32 Å². The van der Waals surface area contributed by atoms with Crippen molar-refractivity contribution in [3.63, 3.8) is 0 Å². The molecule has 1 atom stereocenters. The minimum Gasteiger partial charge on any atom is -0.391 e. The fraction of sp³-hybridized carbons (Fsp3) is 0.500. The Labute approximate surface area is 137 Å². The average Bonchev–Trinajstić information content (AvgIpc) is 2.70. The van der Waals surface area contributed by atoms with Crippen molar-refractivity contribution in [3.8, 4) is 5.69 Å². The van der Waals surface area contributed by atoms with Gasteiger partial charge in [0.1, 0.15) is 0 Å². The van der Waals surface area contributed by atoms with Crippen LogP contribution in [0.4, 0.5) is 0 Å². The zero-order valence-electron chi connectivity index (χ0n) is 14.6. The van der Waals surface area contributed by atoms with Gasteiger partial charge in [-0.3, -0.25) is 9.48 Å². The van der Waals surface area contributed by atoms with Crippen molar-refractivity contribution in [3.05, 3.63) is 51.9 Å². The second-order valence-electron chi connectivity index (χ2n) is 7.05. The molecule has 0 bridgehead atoms. The number of benzene rings is 1. The highest BCUT2D eigenvalue weighted by Gasteiger charge is 2.22. The van der Waals surface area contributed by atoms with Crippen molar-refractivity contribution >= 4 is 0 Å². The molecule has 0 radical (unpaired) electrons. The molecular weight excluding hydrogens is 290 g/mol. The SMILES string of the molecule is Cc1c(CNCC(O)C(C)(C)C)c(=O)n(-c2ccccc2)n1C. The fourth-order valence-electron chi connectivity index (χ4n) is 2.47. The number of aliphatic hydroxyl groups excluding tert-OH is 1. The molecule has 0 aliphatic carbocycles. The van der Waals surface area contributed by atoms with Crippen molar-refractivity contribution < 1.29 is 5.11 Å². The molecule has 5 heteroatoms. The van der Waals surface area contributed by atoms with Crippen LogP contribution in [0.25, 0.3) is 5.69 Å². The first-order valence-electron chi connectivity index (χ1n) is 7.95. The number of hydrogen-bond donors (Lipinski definition) is 2. The number of para-hydroxylation sites is 1. The number of aromatic nitrogens is 2. The van der Waals surface area contributed by atoms with E-state index in [9.17, 15) is 9.90 Å². The molecule has 2 N–H and O–H groups in total. The van der Waals surface area contributed by atoms with E-state index in [-0.39, 0.29) is 11.0 Å². The van der Waals surface area contributed by atoms with Crippen molar-refractivity contribution in [2.45, 2.75) is 40.3 Å². The summed E-state index contributed by atoms with van der Waals surface area (Å²) in [6, 6.07) is 9.60. The van der Waals surface area contributed by atoms with Crippen LogP contribution in [0.1, 0.15) is 32.0 Å². The average molecular weight is 317 g/mol. The van der Waals surface area contributed by atoms with Crippen LogP contribution in [0.2, 0.25) is 0 Å². The van der Waals surface area contributed by atoms with E-state index in [1.165, 1.54) is 0 Å². The second-order valence-corrected chi connectivity index (χ2v) is 7.05. The van der Waals surface area contributed by atoms with E-state index in [4.69, 9.17) is 0 Å². The number of rotatable bonds is 5.